The summed E-state index contributed by atoms with van der Waals surface area (Å²) in [5, 5.41) is 5.53. The van der Waals surface area contributed by atoms with Crippen LogP contribution in [0.4, 0.5) is 0 Å². The molecule has 3 rings (SSSR count). The molecule has 2 heterocycles. The minimum absolute atomic E-state index is 0.161. The molecule has 0 aliphatic heterocycles. The molecule has 0 saturated heterocycles. The number of nitrogens with one attached hydrogen (secondary N) is 1. The third kappa shape index (κ3) is 3.21. The summed E-state index contributed by atoms with van der Waals surface area (Å²) in [4.78, 5) is 12.3. The van der Waals surface area contributed by atoms with Crippen molar-refractivity contribution in [3.05, 3.63) is 70.8 Å². The van der Waals surface area contributed by atoms with Crippen LogP contribution in [0.5, 0.6) is 0 Å². The number of aryl methyl sites for hydroxylation is 1. The van der Waals surface area contributed by atoms with E-state index in [2.05, 4.69) is 17.1 Å². The number of aromatic nitrogens is 1. The number of rotatable bonds is 5. The van der Waals surface area contributed by atoms with Crippen LogP contribution in [-0.4, -0.2) is 16.7 Å². The van der Waals surface area contributed by atoms with E-state index in [0.29, 0.717) is 10.9 Å². The number of carbonyl (C=O) groups is 1. The normalized spacial score (nSPS) is 11.7. The third-order valence-corrected chi connectivity index (χ3v) is 4.44. The first-order chi connectivity index (χ1) is 12.6. The summed E-state index contributed by atoms with van der Waals surface area (Å²) in [5.41, 5.74) is 4.98. The van der Waals surface area contributed by atoms with E-state index in [1.165, 1.54) is 6.21 Å². The maximum atomic E-state index is 12.3. The Balaban J connectivity index is 1.82. The molecule has 6 heteroatoms. The van der Waals surface area contributed by atoms with Gasteiger partial charge in [0.2, 0.25) is 0 Å². The highest BCUT2D eigenvalue weighted by molar-refractivity contribution is 6.34. The van der Waals surface area contributed by atoms with Crippen LogP contribution >= 0.6 is 11.6 Å². The zero-order valence-corrected chi connectivity index (χ0v) is 15.2. The van der Waals surface area contributed by atoms with E-state index in [1.54, 1.807) is 12.1 Å². The zero-order valence-electron chi connectivity index (χ0n) is 14.5. The van der Waals surface area contributed by atoms with E-state index in [9.17, 15) is 4.79 Å². The molecule has 0 spiro atoms. The fourth-order valence-corrected chi connectivity index (χ4v) is 2.97. The Hall–Kier alpha value is -3.05. The van der Waals surface area contributed by atoms with Crippen molar-refractivity contribution in [3.63, 3.8) is 0 Å². The van der Waals surface area contributed by atoms with Gasteiger partial charge in [-0.25, -0.2) is 5.43 Å². The van der Waals surface area contributed by atoms with Crippen molar-refractivity contribution in [2.45, 2.75) is 6.92 Å². The topological polar surface area (TPSA) is 59.5 Å². The first-order valence-electron chi connectivity index (χ1n) is 8.02. The van der Waals surface area contributed by atoms with Crippen LogP contribution < -0.4 is 5.43 Å². The van der Waals surface area contributed by atoms with Crippen molar-refractivity contribution in [2.24, 2.45) is 12.1 Å². The van der Waals surface area contributed by atoms with Gasteiger partial charge in [-0.2, -0.15) is 5.10 Å². The Labute approximate surface area is 156 Å². The lowest BCUT2D eigenvalue weighted by atomic mass is 10.2. The predicted octanol–water partition coefficient (Wildman–Crippen LogP) is 4.86. The monoisotopic (exact) mass is 367 g/mol. The van der Waals surface area contributed by atoms with Crippen molar-refractivity contribution >= 4 is 46.8 Å². The molecular weight excluding hydrogens is 350 g/mol. The number of amides is 1. The van der Waals surface area contributed by atoms with Crippen LogP contribution in [0, 0.1) is 0 Å². The molecule has 0 fully saturated rings. The van der Waals surface area contributed by atoms with Gasteiger partial charge < -0.3 is 8.98 Å². The van der Waals surface area contributed by atoms with Gasteiger partial charge in [0.25, 0.3) is 0 Å². The van der Waals surface area contributed by atoms with E-state index in [0.717, 1.165) is 22.0 Å². The summed E-state index contributed by atoms with van der Waals surface area (Å²) < 4.78 is 7.36. The number of nitrogens with zero attached hydrogens (tertiary/aromatic N) is 2. The number of halogens is 1. The van der Waals surface area contributed by atoms with Gasteiger partial charge in [-0.3, -0.25) is 4.79 Å². The van der Waals surface area contributed by atoms with Gasteiger partial charge in [0, 0.05) is 29.1 Å². The number of hydrazone groups is 1. The maximum Gasteiger partial charge on any atom is 0.307 e. The standard InChI is InChI=1S/C20H18ClN3O2/c1-4-8-13-11-18(26-17(13)5-2)20(25)23-22-12-15-14-9-6-7-10-16(14)24(3)19(15)21/h4-12H,2H2,1,3H3,(H,23,25)/b8-4+,22-12+. The van der Waals surface area contributed by atoms with Crippen molar-refractivity contribution in [1.29, 1.82) is 0 Å². The smallest absolute Gasteiger partial charge is 0.307 e. The minimum Gasteiger partial charge on any atom is -0.451 e. The van der Waals surface area contributed by atoms with Gasteiger partial charge in [-0.05, 0) is 25.1 Å². The number of allylic oxidation sites excluding steroid dienone is 1. The highest BCUT2D eigenvalue weighted by atomic mass is 35.5. The van der Waals surface area contributed by atoms with Gasteiger partial charge in [-0.1, -0.05) is 48.5 Å². The average molecular weight is 368 g/mol. The van der Waals surface area contributed by atoms with Crippen molar-refractivity contribution in [3.8, 4) is 0 Å². The molecule has 0 unspecified atom stereocenters. The van der Waals surface area contributed by atoms with Gasteiger partial charge in [-0.15, -0.1) is 0 Å². The third-order valence-electron chi connectivity index (χ3n) is 3.98. The molecule has 0 bridgehead atoms. The van der Waals surface area contributed by atoms with E-state index >= 15 is 0 Å². The molecule has 2 aromatic heterocycles. The molecule has 1 aromatic carbocycles. The first kappa shape index (κ1) is 17.8. The van der Waals surface area contributed by atoms with Crippen molar-refractivity contribution in [1.82, 2.24) is 9.99 Å². The maximum absolute atomic E-state index is 12.3. The quantitative estimate of drug-likeness (QED) is 0.517. The molecule has 1 amide bonds. The summed E-state index contributed by atoms with van der Waals surface area (Å²) in [6.07, 6.45) is 6.80. The van der Waals surface area contributed by atoms with Crippen LogP contribution in [0.1, 0.15) is 34.4 Å². The Morgan fingerprint density at radius 3 is 2.88 bits per heavy atom. The molecule has 0 radical (unpaired) electrons. The molecule has 0 aliphatic rings. The lowest BCUT2D eigenvalue weighted by molar-refractivity contribution is 0.0927. The van der Waals surface area contributed by atoms with Gasteiger partial charge in [0.1, 0.15) is 10.9 Å². The summed E-state index contributed by atoms with van der Waals surface area (Å²) in [6.45, 7) is 5.57. The lowest BCUT2D eigenvalue weighted by Crippen LogP contribution is -2.16. The van der Waals surface area contributed by atoms with Crippen LogP contribution in [0.15, 0.2) is 52.5 Å². The first-order valence-corrected chi connectivity index (χ1v) is 8.40. The number of benzene rings is 1. The molecule has 1 N–H and O–H groups in total. The molecule has 3 aromatic rings. The summed E-state index contributed by atoms with van der Waals surface area (Å²) in [7, 11) is 1.88. The van der Waals surface area contributed by atoms with Crippen molar-refractivity contribution in [2.75, 3.05) is 0 Å². The highest BCUT2D eigenvalue weighted by Crippen LogP contribution is 2.27. The number of fused-ring (bicyclic) bond motifs is 1. The van der Waals surface area contributed by atoms with Gasteiger partial charge >= 0.3 is 5.91 Å². The fourth-order valence-electron chi connectivity index (χ4n) is 2.73. The Kier molecular flexibility index (Phi) is 5.09. The highest BCUT2D eigenvalue weighted by Gasteiger charge is 2.14. The number of hydrogen-bond donors (Lipinski definition) is 1. The van der Waals surface area contributed by atoms with Crippen LogP contribution in [0.2, 0.25) is 5.15 Å². The minimum atomic E-state index is -0.448. The second-order valence-electron chi connectivity index (χ2n) is 5.61. The SMILES string of the molecule is C=Cc1oc(C(=O)N/N=C/c2c(Cl)n(C)c3ccccc23)cc1/C=C/C. The van der Waals surface area contributed by atoms with E-state index in [4.69, 9.17) is 16.0 Å². The van der Waals surface area contributed by atoms with E-state index in [1.807, 2.05) is 55.0 Å². The molecule has 132 valence electrons. The average Bonchev–Trinajstić information content (AvgIpc) is 3.17. The number of para-hydroxylation sites is 1. The summed E-state index contributed by atoms with van der Waals surface area (Å²) >= 11 is 6.37. The summed E-state index contributed by atoms with van der Waals surface area (Å²) in [5.74, 6) is 0.250. The molecule has 26 heavy (non-hydrogen) atoms. The molecule has 5 nitrogen and oxygen atoms in total. The second kappa shape index (κ2) is 7.45. The second-order valence-corrected chi connectivity index (χ2v) is 5.97. The number of carbonyl (C=O) groups excluding carboxylic acids is 1. The lowest BCUT2D eigenvalue weighted by Gasteiger charge is -1.96. The molecular formula is C20H18ClN3O2. The zero-order chi connectivity index (χ0) is 18.7. The van der Waals surface area contributed by atoms with E-state index < -0.39 is 5.91 Å². The van der Waals surface area contributed by atoms with Crippen LogP contribution in [0.25, 0.3) is 23.1 Å². The summed E-state index contributed by atoms with van der Waals surface area (Å²) in [6, 6.07) is 9.44. The molecule has 0 saturated carbocycles. The van der Waals surface area contributed by atoms with Crippen LogP contribution in [0.3, 0.4) is 0 Å². The Morgan fingerprint density at radius 2 is 2.15 bits per heavy atom. The van der Waals surface area contributed by atoms with Crippen molar-refractivity contribution < 1.29 is 9.21 Å². The fraction of sp³-hybridized carbons (Fsp3) is 0.100. The largest absolute Gasteiger partial charge is 0.451 e. The molecule has 0 atom stereocenters. The van der Waals surface area contributed by atoms with E-state index in [-0.39, 0.29) is 5.76 Å². The molecule has 0 aliphatic carbocycles. The van der Waals surface area contributed by atoms with Gasteiger partial charge in [0.15, 0.2) is 5.76 Å². The Bertz CT molecular complexity index is 1040. The number of furan rings is 1. The Morgan fingerprint density at radius 1 is 1.38 bits per heavy atom. The number of hydrogen-bond acceptors (Lipinski definition) is 3. The van der Waals surface area contributed by atoms with Gasteiger partial charge in [0.05, 0.1) is 6.21 Å². The predicted molar refractivity (Wildman–Crippen MR) is 106 cm³/mol. The van der Waals surface area contributed by atoms with Crippen LogP contribution in [-0.2, 0) is 7.05 Å².